The molecule has 0 radical (unpaired) electrons. The minimum Gasteiger partial charge on any atom is -0.299 e. The highest BCUT2D eigenvalue weighted by Crippen LogP contribution is 2.55. The summed E-state index contributed by atoms with van der Waals surface area (Å²) in [5.41, 5.74) is -0.110. The summed E-state index contributed by atoms with van der Waals surface area (Å²) < 4.78 is 0. The summed E-state index contributed by atoms with van der Waals surface area (Å²) in [7, 11) is 0. The molecule has 0 saturated heterocycles. The summed E-state index contributed by atoms with van der Waals surface area (Å²) in [5, 5.41) is 0. The van der Waals surface area contributed by atoms with E-state index >= 15 is 0 Å². The lowest BCUT2D eigenvalue weighted by Gasteiger charge is -2.22. The first-order valence-corrected chi connectivity index (χ1v) is 6.03. The van der Waals surface area contributed by atoms with Crippen molar-refractivity contribution in [2.75, 3.05) is 0 Å². The second kappa shape index (κ2) is 4.04. The molecule has 2 aliphatic carbocycles. The molecule has 0 aromatic heterocycles. The van der Waals surface area contributed by atoms with E-state index in [2.05, 4.69) is 0 Å². The number of Topliss-reactive ketones (excluding diaryl/α,β-unsaturated/α-hetero) is 1. The highest BCUT2D eigenvalue weighted by Gasteiger charge is 2.49. The summed E-state index contributed by atoms with van der Waals surface area (Å²) in [5.74, 6) is 2.77. The van der Waals surface area contributed by atoms with Gasteiger partial charge in [0.2, 0.25) is 0 Å². The van der Waals surface area contributed by atoms with Crippen molar-refractivity contribution >= 4 is 5.78 Å². The van der Waals surface area contributed by atoms with Gasteiger partial charge in [0.1, 0.15) is 5.78 Å². The van der Waals surface area contributed by atoms with E-state index in [0.29, 0.717) is 11.7 Å². The molecule has 82 valence electrons. The Bertz CT molecular complexity index is 202. The number of carbonyl (C=O) groups excluding carboxylic acids is 1. The number of hydrogen-bond donors (Lipinski definition) is 0. The Labute approximate surface area is 88.3 Å². The fourth-order valence-electron chi connectivity index (χ4n) is 2.54. The predicted octanol–water partition coefficient (Wildman–Crippen LogP) is 3.67. The molecule has 14 heavy (non-hydrogen) atoms. The highest BCUT2D eigenvalue weighted by atomic mass is 16.1. The van der Waals surface area contributed by atoms with Crippen LogP contribution in [0.4, 0.5) is 0 Å². The van der Waals surface area contributed by atoms with Crippen LogP contribution in [0.3, 0.4) is 0 Å². The SMILES string of the molecule is CC.CC(C)(C)C(=O)C1CC2CC2C1. The van der Waals surface area contributed by atoms with Gasteiger partial charge in [-0.1, -0.05) is 34.6 Å². The molecule has 0 amide bonds. The Morgan fingerprint density at radius 2 is 1.43 bits per heavy atom. The van der Waals surface area contributed by atoms with Crippen LogP contribution in [0.25, 0.3) is 0 Å². The molecule has 2 aliphatic rings. The predicted molar refractivity (Wildman–Crippen MR) is 60.1 cm³/mol. The van der Waals surface area contributed by atoms with Crippen molar-refractivity contribution in [1.82, 2.24) is 0 Å². The van der Waals surface area contributed by atoms with Crippen LogP contribution in [0, 0.1) is 23.2 Å². The van der Waals surface area contributed by atoms with Gasteiger partial charge < -0.3 is 0 Å². The van der Waals surface area contributed by atoms with Crippen LogP contribution in [-0.2, 0) is 4.79 Å². The van der Waals surface area contributed by atoms with Crippen LogP contribution < -0.4 is 0 Å². The number of carbonyl (C=O) groups is 1. The summed E-state index contributed by atoms with van der Waals surface area (Å²) in [6.45, 7) is 10.1. The maximum atomic E-state index is 11.8. The van der Waals surface area contributed by atoms with Crippen LogP contribution in [0.15, 0.2) is 0 Å². The van der Waals surface area contributed by atoms with E-state index in [1.165, 1.54) is 19.3 Å². The van der Waals surface area contributed by atoms with E-state index < -0.39 is 0 Å². The van der Waals surface area contributed by atoms with Crippen molar-refractivity contribution in [2.24, 2.45) is 23.2 Å². The second-order valence-corrected chi connectivity index (χ2v) is 5.54. The van der Waals surface area contributed by atoms with Crippen molar-refractivity contribution in [3.63, 3.8) is 0 Å². The van der Waals surface area contributed by atoms with E-state index in [1.807, 2.05) is 34.6 Å². The van der Waals surface area contributed by atoms with Gasteiger partial charge in [-0.15, -0.1) is 0 Å². The smallest absolute Gasteiger partial charge is 0.141 e. The van der Waals surface area contributed by atoms with Gasteiger partial charge in [0.25, 0.3) is 0 Å². The molecular weight excluding hydrogens is 172 g/mol. The number of rotatable bonds is 1. The van der Waals surface area contributed by atoms with Crippen LogP contribution in [0.5, 0.6) is 0 Å². The first-order chi connectivity index (χ1) is 6.48. The quantitative estimate of drug-likeness (QED) is 0.625. The van der Waals surface area contributed by atoms with Crippen LogP contribution in [0.2, 0.25) is 0 Å². The van der Waals surface area contributed by atoms with Crippen LogP contribution >= 0.6 is 0 Å². The first-order valence-electron chi connectivity index (χ1n) is 6.03. The molecule has 2 atom stereocenters. The molecule has 0 N–H and O–H groups in total. The molecule has 2 fully saturated rings. The number of hydrogen-bond acceptors (Lipinski definition) is 1. The topological polar surface area (TPSA) is 17.1 Å². The zero-order valence-corrected chi connectivity index (χ0v) is 10.3. The molecule has 1 nitrogen and oxygen atoms in total. The molecule has 1 heteroatoms. The third-order valence-electron chi connectivity index (χ3n) is 3.35. The van der Waals surface area contributed by atoms with Gasteiger partial charge in [-0.2, -0.15) is 0 Å². The normalized spacial score (nSPS) is 34.2. The van der Waals surface area contributed by atoms with Gasteiger partial charge >= 0.3 is 0 Å². The largest absolute Gasteiger partial charge is 0.299 e. The van der Waals surface area contributed by atoms with Gasteiger partial charge in [-0.05, 0) is 31.1 Å². The average Bonchev–Trinajstić information content (AvgIpc) is 2.74. The Hall–Kier alpha value is -0.330. The Kier molecular flexibility index (Phi) is 3.39. The maximum Gasteiger partial charge on any atom is 0.141 e. The van der Waals surface area contributed by atoms with Gasteiger partial charge in [-0.25, -0.2) is 0 Å². The average molecular weight is 196 g/mol. The molecule has 0 aromatic carbocycles. The lowest BCUT2D eigenvalue weighted by molar-refractivity contribution is -0.130. The summed E-state index contributed by atoms with van der Waals surface area (Å²) in [6.07, 6.45) is 3.80. The minimum atomic E-state index is -0.110. The van der Waals surface area contributed by atoms with E-state index in [0.717, 1.165) is 11.8 Å². The van der Waals surface area contributed by atoms with Crippen molar-refractivity contribution in [3.8, 4) is 0 Å². The van der Waals surface area contributed by atoms with E-state index in [4.69, 9.17) is 0 Å². The van der Waals surface area contributed by atoms with Crippen molar-refractivity contribution < 1.29 is 4.79 Å². The molecule has 2 saturated carbocycles. The van der Waals surface area contributed by atoms with Crippen molar-refractivity contribution in [1.29, 1.82) is 0 Å². The van der Waals surface area contributed by atoms with Crippen LogP contribution in [0.1, 0.15) is 53.9 Å². The maximum absolute atomic E-state index is 11.8. The van der Waals surface area contributed by atoms with Crippen molar-refractivity contribution in [2.45, 2.75) is 53.9 Å². The van der Waals surface area contributed by atoms with E-state index in [1.54, 1.807) is 0 Å². The standard InChI is InChI=1S/C11H18O.C2H6/c1-11(2,3)10(12)9-5-7-4-8(7)6-9;1-2/h7-9H,4-6H2,1-3H3;1-2H3. The molecule has 2 rings (SSSR count). The molecule has 2 unspecified atom stereocenters. The fraction of sp³-hybridized carbons (Fsp3) is 0.923. The molecule has 0 heterocycles. The third kappa shape index (κ3) is 2.37. The van der Waals surface area contributed by atoms with E-state index in [9.17, 15) is 4.79 Å². The summed E-state index contributed by atoms with van der Waals surface area (Å²) in [6, 6.07) is 0. The molecule has 0 bridgehead atoms. The van der Waals surface area contributed by atoms with Crippen molar-refractivity contribution in [3.05, 3.63) is 0 Å². The third-order valence-corrected chi connectivity index (χ3v) is 3.35. The zero-order chi connectivity index (χ0) is 10.9. The fourth-order valence-corrected chi connectivity index (χ4v) is 2.54. The Balaban J connectivity index is 0.000000461. The Morgan fingerprint density at radius 3 is 1.79 bits per heavy atom. The Morgan fingerprint density at radius 1 is 1.00 bits per heavy atom. The highest BCUT2D eigenvalue weighted by molar-refractivity contribution is 5.86. The van der Waals surface area contributed by atoms with E-state index in [-0.39, 0.29) is 5.41 Å². The lowest BCUT2D eigenvalue weighted by Crippen LogP contribution is -2.27. The molecule has 0 aromatic rings. The van der Waals surface area contributed by atoms with Gasteiger partial charge in [0.15, 0.2) is 0 Å². The minimum absolute atomic E-state index is 0.110. The van der Waals surface area contributed by atoms with Gasteiger partial charge in [0, 0.05) is 11.3 Å². The molecule has 0 aliphatic heterocycles. The zero-order valence-electron chi connectivity index (χ0n) is 10.3. The van der Waals surface area contributed by atoms with Crippen LogP contribution in [-0.4, -0.2) is 5.78 Å². The first kappa shape index (κ1) is 11.7. The molecule has 0 spiro atoms. The number of ketones is 1. The lowest BCUT2D eigenvalue weighted by atomic mass is 9.81. The van der Waals surface area contributed by atoms with Gasteiger partial charge in [0.05, 0.1) is 0 Å². The summed E-state index contributed by atoms with van der Waals surface area (Å²) >= 11 is 0. The monoisotopic (exact) mass is 196 g/mol. The number of fused-ring (bicyclic) bond motifs is 1. The molecular formula is C13H24O. The second-order valence-electron chi connectivity index (χ2n) is 5.54. The van der Waals surface area contributed by atoms with Gasteiger partial charge in [-0.3, -0.25) is 4.79 Å². The summed E-state index contributed by atoms with van der Waals surface area (Å²) in [4.78, 5) is 11.8.